The molecule has 3 aromatic rings. The van der Waals surface area contributed by atoms with Gasteiger partial charge in [-0.25, -0.2) is 0 Å². The summed E-state index contributed by atoms with van der Waals surface area (Å²) in [5.41, 5.74) is 3.43. The van der Waals surface area contributed by atoms with Crippen LogP contribution in [0.2, 0.25) is 0 Å². The minimum Gasteiger partial charge on any atom is -0.396 e. The van der Waals surface area contributed by atoms with Gasteiger partial charge < -0.3 is 15.4 Å². The fourth-order valence-electron chi connectivity index (χ4n) is 3.11. The molecular formula is C21H24N2O2. The Morgan fingerprint density at radius 2 is 1.96 bits per heavy atom. The molecule has 0 saturated carbocycles. The highest BCUT2D eigenvalue weighted by Crippen LogP contribution is 2.18. The smallest absolute Gasteiger partial charge is 0.220 e. The number of nitrogens with one attached hydrogen (secondary N) is 2. The number of aliphatic hydroxyl groups excluding tert-OH is 1. The van der Waals surface area contributed by atoms with Crippen molar-refractivity contribution in [3.8, 4) is 0 Å². The number of aromatic nitrogens is 1. The molecule has 0 bridgehead atoms. The van der Waals surface area contributed by atoms with Gasteiger partial charge in [0.2, 0.25) is 5.91 Å². The predicted octanol–water partition coefficient (Wildman–Crippen LogP) is 3.38. The van der Waals surface area contributed by atoms with Gasteiger partial charge >= 0.3 is 0 Å². The summed E-state index contributed by atoms with van der Waals surface area (Å²) in [5, 5.41) is 13.5. The third-order valence-corrected chi connectivity index (χ3v) is 4.55. The molecule has 0 aliphatic heterocycles. The van der Waals surface area contributed by atoms with Crippen molar-refractivity contribution in [3.05, 3.63) is 71.9 Å². The minimum atomic E-state index is 0.0491. The van der Waals surface area contributed by atoms with E-state index in [4.69, 9.17) is 0 Å². The van der Waals surface area contributed by atoms with Crippen LogP contribution in [0.25, 0.3) is 10.9 Å². The van der Waals surface area contributed by atoms with Crippen molar-refractivity contribution in [3.63, 3.8) is 0 Å². The maximum Gasteiger partial charge on any atom is 0.220 e. The van der Waals surface area contributed by atoms with Crippen LogP contribution in [0.5, 0.6) is 0 Å². The van der Waals surface area contributed by atoms with Gasteiger partial charge in [0, 0.05) is 37.2 Å². The fourth-order valence-corrected chi connectivity index (χ4v) is 3.11. The Labute approximate surface area is 147 Å². The summed E-state index contributed by atoms with van der Waals surface area (Å²) >= 11 is 0. The number of benzene rings is 2. The van der Waals surface area contributed by atoms with Crippen LogP contribution in [0, 0.1) is 0 Å². The molecule has 1 amide bonds. The minimum absolute atomic E-state index is 0.0491. The summed E-state index contributed by atoms with van der Waals surface area (Å²) in [6.07, 6.45) is 3.76. The zero-order valence-corrected chi connectivity index (χ0v) is 14.2. The quantitative estimate of drug-likeness (QED) is 0.590. The van der Waals surface area contributed by atoms with E-state index in [2.05, 4.69) is 28.5 Å². The van der Waals surface area contributed by atoms with Crippen molar-refractivity contribution in [1.82, 2.24) is 10.3 Å². The molecule has 2 aromatic carbocycles. The van der Waals surface area contributed by atoms with Gasteiger partial charge in [-0.15, -0.1) is 0 Å². The number of hydrogen-bond donors (Lipinski definition) is 3. The van der Waals surface area contributed by atoms with Crippen molar-refractivity contribution in [1.29, 1.82) is 0 Å². The summed E-state index contributed by atoms with van der Waals surface area (Å²) in [5.74, 6) is 0.194. The van der Waals surface area contributed by atoms with Crippen LogP contribution in [-0.4, -0.2) is 29.1 Å². The fraction of sp³-hybridized carbons (Fsp3) is 0.286. The first kappa shape index (κ1) is 17.2. The molecule has 4 heteroatoms. The normalized spacial score (nSPS) is 12.2. The van der Waals surface area contributed by atoms with Gasteiger partial charge in [0.1, 0.15) is 0 Å². The van der Waals surface area contributed by atoms with Crippen LogP contribution >= 0.6 is 0 Å². The van der Waals surface area contributed by atoms with E-state index in [-0.39, 0.29) is 18.4 Å². The van der Waals surface area contributed by atoms with Crippen LogP contribution in [0.1, 0.15) is 29.9 Å². The number of aryl methyl sites for hydroxylation is 1. The van der Waals surface area contributed by atoms with Crippen molar-refractivity contribution in [2.75, 3.05) is 13.2 Å². The zero-order chi connectivity index (χ0) is 17.5. The average Bonchev–Trinajstić information content (AvgIpc) is 3.12. The van der Waals surface area contributed by atoms with E-state index in [0.717, 1.165) is 23.1 Å². The molecule has 0 aliphatic carbocycles. The highest BCUT2D eigenvalue weighted by Gasteiger charge is 2.12. The molecule has 1 unspecified atom stereocenters. The van der Waals surface area contributed by atoms with Gasteiger partial charge in [0.05, 0.1) is 0 Å². The Morgan fingerprint density at radius 3 is 2.76 bits per heavy atom. The summed E-state index contributed by atoms with van der Waals surface area (Å²) in [7, 11) is 0. The molecule has 0 spiro atoms. The molecule has 0 saturated heterocycles. The van der Waals surface area contributed by atoms with E-state index in [0.29, 0.717) is 19.4 Å². The standard InChI is InChI=1S/C21H24N2O2/c24-13-11-19(17-4-2-1-3-5-17)15-23-21(25)9-7-16-6-8-20-18(14-16)10-12-22-20/h1-6,8,10,12,14,19,22,24H,7,9,11,13,15H2,(H,23,25). The largest absolute Gasteiger partial charge is 0.396 e. The van der Waals surface area contributed by atoms with E-state index in [1.165, 1.54) is 5.39 Å². The van der Waals surface area contributed by atoms with E-state index < -0.39 is 0 Å². The Kier molecular flexibility index (Phi) is 5.86. The van der Waals surface area contributed by atoms with E-state index in [9.17, 15) is 9.90 Å². The number of amides is 1. The first-order valence-corrected chi connectivity index (χ1v) is 8.75. The topological polar surface area (TPSA) is 65.1 Å². The van der Waals surface area contributed by atoms with Gasteiger partial charge in [-0.3, -0.25) is 4.79 Å². The van der Waals surface area contributed by atoms with Crippen molar-refractivity contribution in [2.24, 2.45) is 0 Å². The van der Waals surface area contributed by atoms with Crippen LogP contribution in [0.3, 0.4) is 0 Å². The highest BCUT2D eigenvalue weighted by atomic mass is 16.3. The van der Waals surface area contributed by atoms with Gasteiger partial charge in [0.15, 0.2) is 0 Å². The van der Waals surface area contributed by atoms with E-state index in [1.54, 1.807) is 0 Å². The van der Waals surface area contributed by atoms with Crippen molar-refractivity contribution < 1.29 is 9.90 Å². The lowest BCUT2D eigenvalue weighted by atomic mass is 9.96. The third-order valence-electron chi connectivity index (χ3n) is 4.55. The number of rotatable bonds is 8. The second-order valence-electron chi connectivity index (χ2n) is 6.32. The Bertz CT molecular complexity index is 811. The van der Waals surface area contributed by atoms with Crippen LogP contribution in [-0.2, 0) is 11.2 Å². The first-order chi connectivity index (χ1) is 12.3. The first-order valence-electron chi connectivity index (χ1n) is 8.75. The Balaban J connectivity index is 1.51. The molecule has 25 heavy (non-hydrogen) atoms. The highest BCUT2D eigenvalue weighted by molar-refractivity contribution is 5.80. The van der Waals surface area contributed by atoms with Gasteiger partial charge in [-0.05, 0) is 47.6 Å². The number of aliphatic hydroxyl groups is 1. The molecule has 0 fully saturated rings. The molecule has 130 valence electrons. The van der Waals surface area contributed by atoms with E-state index in [1.807, 2.05) is 42.6 Å². The maximum absolute atomic E-state index is 12.2. The second-order valence-corrected chi connectivity index (χ2v) is 6.32. The summed E-state index contributed by atoms with van der Waals surface area (Å²) in [6.45, 7) is 0.673. The number of carbonyl (C=O) groups excluding carboxylic acids is 1. The third kappa shape index (κ3) is 4.70. The molecule has 4 nitrogen and oxygen atoms in total. The lowest BCUT2D eigenvalue weighted by Gasteiger charge is -2.17. The average molecular weight is 336 g/mol. The molecule has 1 atom stereocenters. The molecule has 3 N–H and O–H groups in total. The summed E-state index contributed by atoms with van der Waals surface area (Å²) in [6, 6.07) is 18.3. The molecule has 1 heterocycles. The van der Waals surface area contributed by atoms with Crippen molar-refractivity contribution in [2.45, 2.75) is 25.2 Å². The number of fused-ring (bicyclic) bond motifs is 1. The summed E-state index contributed by atoms with van der Waals surface area (Å²) < 4.78 is 0. The number of hydrogen-bond acceptors (Lipinski definition) is 2. The monoisotopic (exact) mass is 336 g/mol. The molecule has 1 aromatic heterocycles. The van der Waals surface area contributed by atoms with E-state index >= 15 is 0 Å². The van der Waals surface area contributed by atoms with Gasteiger partial charge in [0.25, 0.3) is 0 Å². The van der Waals surface area contributed by atoms with Crippen LogP contribution < -0.4 is 5.32 Å². The van der Waals surface area contributed by atoms with Crippen molar-refractivity contribution >= 4 is 16.8 Å². The molecule has 0 aliphatic rings. The molecular weight excluding hydrogens is 312 g/mol. The van der Waals surface area contributed by atoms with Crippen LogP contribution in [0.15, 0.2) is 60.8 Å². The SMILES string of the molecule is O=C(CCc1ccc2[nH]ccc2c1)NCC(CCO)c1ccccc1. The predicted molar refractivity (Wildman–Crippen MR) is 101 cm³/mol. The second kappa shape index (κ2) is 8.49. The number of aromatic amines is 1. The molecule has 0 radical (unpaired) electrons. The maximum atomic E-state index is 12.2. The van der Waals surface area contributed by atoms with Gasteiger partial charge in [-0.2, -0.15) is 0 Å². The number of carbonyl (C=O) groups is 1. The zero-order valence-electron chi connectivity index (χ0n) is 14.2. The Hall–Kier alpha value is -2.59. The lowest BCUT2D eigenvalue weighted by Crippen LogP contribution is -2.29. The molecule has 3 rings (SSSR count). The Morgan fingerprint density at radius 1 is 1.12 bits per heavy atom. The van der Waals surface area contributed by atoms with Crippen LogP contribution in [0.4, 0.5) is 0 Å². The summed E-state index contributed by atoms with van der Waals surface area (Å²) in [4.78, 5) is 15.4. The lowest BCUT2D eigenvalue weighted by molar-refractivity contribution is -0.121. The number of H-pyrrole nitrogens is 1. The van der Waals surface area contributed by atoms with Gasteiger partial charge in [-0.1, -0.05) is 36.4 Å².